The predicted octanol–water partition coefficient (Wildman–Crippen LogP) is 3.13. The lowest BCUT2D eigenvalue weighted by Crippen LogP contribution is -2.14. The van der Waals surface area contributed by atoms with Gasteiger partial charge in [0.1, 0.15) is 5.82 Å². The van der Waals surface area contributed by atoms with Gasteiger partial charge in [-0.25, -0.2) is 4.39 Å². The number of nitrogens with zero attached hydrogens (tertiary/aromatic N) is 2. The summed E-state index contributed by atoms with van der Waals surface area (Å²) >= 11 is 0. The minimum atomic E-state index is -0.195. The third-order valence-corrected chi connectivity index (χ3v) is 3.31. The second-order valence-electron chi connectivity index (χ2n) is 4.93. The summed E-state index contributed by atoms with van der Waals surface area (Å²) < 4.78 is 15.2. The van der Waals surface area contributed by atoms with E-state index in [0.717, 1.165) is 31.5 Å². The summed E-state index contributed by atoms with van der Waals surface area (Å²) in [6.45, 7) is 6.67. The zero-order chi connectivity index (χ0) is 14.4. The summed E-state index contributed by atoms with van der Waals surface area (Å²) in [6.07, 6.45) is 4.00. The summed E-state index contributed by atoms with van der Waals surface area (Å²) in [5.41, 5.74) is 3.43. The number of halogens is 1. The van der Waals surface area contributed by atoms with Gasteiger partial charge < -0.3 is 5.32 Å². The Kier molecular flexibility index (Phi) is 5.30. The van der Waals surface area contributed by atoms with E-state index in [1.807, 2.05) is 16.9 Å². The van der Waals surface area contributed by atoms with Gasteiger partial charge in [-0.15, -0.1) is 0 Å². The van der Waals surface area contributed by atoms with E-state index in [1.165, 1.54) is 17.3 Å². The van der Waals surface area contributed by atoms with Crippen molar-refractivity contribution in [2.75, 3.05) is 6.54 Å². The van der Waals surface area contributed by atoms with Crippen LogP contribution >= 0.6 is 0 Å². The molecule has 0 amide bonds. The number of nitrogens with one attached hydrogen (secondary N) is 1. The summed E-state index contributed by atoms with van der Waals surface area (Å²) in [7, 11) is 0. The minimum Gasteiger partial charge on any atom is -0.313 e. The fourth-order valence-electron chi connectivity index (χ4n) is 2.33. The van der Waals surface area contributed by atoms with E-state index in [1.54, 1.807) is 12.1 Å². The number of benzene rings is 1. The Morgan fingerprint density at radius 2 is 2.15 bits per heavy atom. The normalized spacial score (nSPS) is 10.9. The van der Waals surface area contributed by atoms with Gasteiger partial charge in [-0.2, -0.15) is 5.10 Å². The van der Waals surface area contributed by atoms with Crippen LogP contribution in [0.4, 0.5) is 4.39 Å². The Labute approximate surface area is 119 Å². The fraction of sp³-hybridized carbons (Fsp3) is 0.438. The highest BCUT2D eigenvalue weighted by Gasteiger charge is 2.10. The zero-order valence-corrected chi connectivity index (χ0v) is 12.2. The molecule has 2 rings (SSSR count). The summed E-state index contributed by atoms with van der Waals surface area (Å²) in [5.74, 6) is -0.195. The van der Waals surface area contributed by atoms with Crippen LogP contribution in [0.5, 0.6) is 0 Å². The number of rotatable bonds is 7. The Balaban J connectivity index is 2.20. The summed E-state index contributed by atoms with van der Waals surface area (Å²) in [6, 6.07) is 6.72. The molecule has 0 saturated heterocycles. The Bertz CT molecular complexity index is 548. The quantitative estimate of drug-likeness (QED) is 0.841. The van der Waals surface area contributed by atoms with Crippen LogP contribution in [0.3, 0.4) is 0 Å². The molecule has 0 atom stereocenters. The first kappa shape index (κ1) is 14.7. The molecule has 3 nitrogen and oxygen atoms in total. The molecule has 0 radical (unpaired) electrons. The van der Waals surface area contributed by atoms with Crippen LogP contribution in [-0.4, -0.2) is 16.3 Å². The fourth-order valence-corrected chi connectivity index (χ4v) is 2.33. The van der Waals surface area contributed by atoms with Gasteiger partial charge in [0.05, 0.1) is 12.7 Å². The monoisotopic (exact) mass is 275 g/mol. The molecule has 0 bridgehead atoms. The van der Waals surface area contributed by atoms with E-state index in [9.17, 15) is 4.39 Å². The molecule has 0 spiro atoms. The van der Waals surface area contributed by atoms with Crippen molar-refractivity contribution in [3.8, 4) is 0 Å². The third kappa shape index (κ3) is 3.67. The first-order chi connectivity index (χ1) is 9.74. The highest BCUT2D eigenvalue weighted by Crippen LogP contribution is 2.14. The molecule has 1 aromatic heterocycles. The molecule has 0 aliphatic rings. The molecule has 1 aromatic carbocycles. The molecule has 1 heterocycles. The third-order valence-electron chi connectivity index (χ3n) is 3.31. The van der Waals surface area contributed by atoms with Gasteiger partial charge in [0.25, 0.3) is 0 Å². The number of hydrogen-bond donors (Lipinski definition) is 1. The van der Waals surface area contributed by atoms with Gasteiger partial charge in [-0.3, -0.25) is 4.68 Å². The maximum atomic E-state index is 13.3. The lowest BCUT2D eigenvalue weighted by atomic mass is 10.1. The minimum absolute atomic E-state index is 0.195. The van der Waals surface area contributed by atoms with Crippen molar-refractivity contribution >= 4 is 0 Å². The van der Waals surface area contributed by atoms with E-state index in [0.29, 0.717) is 6.54 Å². The van der Waals surface area contributed by atoms with Crippen molar-refractivity contribution in [1.29, 1.82) is 0 Å². The van der Waals surface area contributed by atoms with Crippen LogP contribution in [0.25, 0.3) is 0 Å². The molecule has 4 heteroatoms. The van der Waals surface area contributed by atoms with Gasteiger partial charge in [0, 0.05) is 17.8 Å². The maximum absolute atomic E-state index is 13.3. The van der Waals surface area contributed by atoms with Crippen LogP contribution < -0.4 is 5.32 Å². The van der Waals surface area contributed by atoms with E-state index >= 15 is 0 Å². The molecule has 0 aliphatic carbocycles. The Hall–Kier alpha value is -1.68. The molecule has 20 heavy (non-hydrogen) atoms. The van der Waals surface area contributed by atoms with Gasteiger partial charge in [-0.05, 0) is 30.7 Å². The molecule has 0 aliphatic heterocycles. The van der Waals surface area contributed by atoms with Crippen molar-refractivity contribution in [1.82, 2.24) is 15.1 Å². The molecule has 108 valence electrons. The molecular formula is C16H22FN3. The van der Waals surface area contributed by atoms with Crippen LogP contribution in [-0.2, 0) is 19.5 Å². The van der Waals surface area contributed by atoms with Crippen molar-refractivity contribution < 1.29 is 4.39 Å². The first-order valence-corrected chi connectivity index (χ1v) is 7.23. The van der Waals surface area contributed by atoms with Crippen LogP contribution in [0.2, 0.25) is 0 Å². The Morgan fingerprint density at radius 1 is 1.30 bits per heavy atom. The van der Waals surface area contributed by atoms with Crippen molar-refractivity contribution in [2.45, 2.75) is 39.8 Å². The second-order valence-corrected chi connectivity index (χ2v) is 4.93. The van der Waals surface area contributed by atoms with Crippen molar-refractivity contribution in [2.24, 2.45) is 0 Å². The van der Waals surface area contributed by atoms with Crippen LogP contribution in [0.15, 0.2) is 30.5 Å². The average Bonchev–Trinajstić information content (AvgIpc) is 2.80. The van der Waals surface area contributed by atoms with Gasteiger partial charge in [0.15, 0.2) is 0 Å². The molecular weight excluding hydrogens is 253 g/mol. The van der Waals surface area contributed by atoms with Crippen LogP contribution in [0.1, 0.15) is 37.1 Å². The number of aromatic nitrogens is 2. The number of hydrogen-bond acceptors (Lipinski definition) is 2. The van der Waals surface area contributed by atoms with Gasteiger partial charge >= 0.3 is 0 Å². The largest absolute Gasteiger partial charge is 0.313 e. The first-order valence-electron chi connectivity index (χ1n) is 7.23. The highest BCUT2D eigenvalue weighted by molar-refractivity contribution is 5.21. The SMILES string of the molecule is CCCc1c(CNCC)cnn1Cc1cccc(F)c1. The molecule has 0 saturated carbocycles. The lowest BCUT2D eigenvalue weighted by Gasteiger charge is -2.09. The molecule has 2 aromatic rings. The highest BCUT2D eigenvalue weighted by atomic mass is 19.1. The molecule has 0 fully saturated rings. The van der Waals surface area contributed by atoms with Crippen LogP contribution in [0, 0.1) is 5.82 Å². The van der Waals surface area contributed by atoms with E-state index in [4.69, 9.17) is 0 Å². The zero-order valence-electron chi connectivity index (χ0n) is 12.2. The standard InChI is InChI=1S/C16H22FN3/c1-3-6-16-14(10-18-4-2)11-19-20(16)12-13-7-5-8-15(17)9-13/h5,7-9,11,18H,3-4,6,10,12H2,1-2H3. The summed E-state index contributed by atoms with van der Waals surface area (Å²) in [5, 5.41) is 7.80. The van der Waals surface area contributed by atoms with E-state index < -0.39 is 0 Å². The summed E-state index contributed by atoms with van der Waals surface area (Å²) in [4.78, 5) is 0. The van der Waals surface area contributed by atoms with Crippen molar-refractivity contribution in [3.05, 3.63) is 53.1 Å². The Morgan fingerprint density at radius 3 is 2.85 bits per heavy atom. The van der Waals surface area contributed by atoms with E-state index in [-0.39, 0.29) is 5.82 Å². The smallest absolute Gasteiger partial charge is 0.123 e. The van der Waals surface area contributed by atoms with Crippen molar-refractivity contribution in [3.63, 3.8) is 0 Å². The molecule has 0 unspecified atom stereocenters. The van der Waals surface area contributed by atoms with Gasteiger partial charge in [0.2, 0.25) is 0 Å². The topological polar surface area (TPSA) is 29.9 Å². The lowest BCUT2D eigenvalue weighted by molar-refractivity contribution is 0.608. The maximum Gasteiger partial charge on any atom is 0.123 e. The van der Waals surface area contributed by atoms with Gasteiger partial charge in [-0.1, -0.05) is 32.4 Å². The second kappa shape index (κ2) is 7.20. The van der Waals surface area contributed by atoms with E-state index in [2.05, 4.69) is 24.3 Å². The average molecular weight is 275 g/mol. The molecule has 1 N–H and O–H groups in total. The predicted molar refractivity (Wildman–Crippen MR) is 79.1 cm³/mol.